The summed E-state index contributed by atoms with van der Waals surface area (Å²) in [5.74, 6) is 0.933. The molecule has 4 aliphatic rings. The van der Waals surface area contributed by atoms with Gasteiger partial charge in [-0.15, -0.1) is 0 Å². The minimum absolute atomic E-state index is 0.197. The van der Waals surface area contributed by atoms with E-state index >= 15 is 0 Å². The highest BCUT2D eigenvalue weighted by Gasteiger charge is 2.34. The van der Waals surface area contributed by atoms with Crippen molar-refractivity contribution < 1.29 is 0 Å². The summed E-state index contributed by atoms with van der Waals surface area (Å²) >= 11 is 0. The molecule has 4 heterocycles. The fourth-order valence-electron chi connectivity index (χ4n) is 5.16. The Hall–Kier alpha value is -2.31. The summed E-state index contributed by atoms with van der Waals surface area (Å²) in [7, 11) is 0. The average molecular weight is 407 g/mol. The van der Waals surface area contributed by atoms with Crippen molar-refractivity contribution in [2.24, 2.45) is 4.99 Å². The number of hydrogen-bond acceptors (Lipinski definition) is 6. The predicted molar refractivity (Wildman–Crippen MR) is 123 cm³/mol. The summed E-state index contributed by atoms with van der Waals surface area (Å²) in [5, 5.41) is 14.4. The first kappa shape index (κ1) is 19.6. The molecule has 0 spiro atoms. The lowest BCUT2D eigenvalue weighted by molar-refractivity contribution is 0.170. The molecule has 160 valence electrons. The van der Waals surface area contributed by atoms with Crippen molar-refractivity contribution in [3.8, 4) is 0 Å². The first-order chi connectivity index (χ1) is 14.8. The van der Waals surface area contributed by atoms with Gasteiger partial charge in [0.1, 0.15) is 6.17 Å². The molecule has 0 radical (unpaired) electrons. The molecule has 30 heavy (non-hydrogen) atoms. The van der Waals surface area contributed by atoms with Crippen LogP contribution < -0.4 is 21.3 Å². The van der Waals surface area contributed by atoms with Crippen LogP contribution in [0.4, 0.5) is 0 Å². The van der Waals surface area contributed by atoms with Gasteiger partial charge in [-0.25, -0.2) is 4.99 Å². The van der Waals surface area contributed by atoms with Crippen LogP contribution in [0.5, 0.6) is 0 Å². The van der Waals surface area contributed by atoms with E-state index in [1.54, 1.807) is 0 Å². The van der Waals surface area contributed by atoms with Crippen molar-refractivity contribution in [3.05, 3.63) is 53.4 Å². The van der Waals surface area contributed by atoms with Gasteiger partial charge in [0, 0.05) is 30.9 Å². The molecule has 0 amide bonds. The van der Waals surface area contributed by atoms with Gasteiger partial charge in [-0.3, -0.25) is 0 Å². The Labute approximate surface area is 179 Å². The molecular formula is C24H34N6. The maximum atomic E-state index is 4.78. The molecule has 1 unspecified atom stereocenters. The van der Waals surface area contributed by atoms with Gasteiger partial charge in [-0.05, 0) is 81.1 Å². The molecule has 0 aromatic heterocycles. The van der Waals surface area contributed by atoms with Crippen LogP contribution in [0.1, 0.15) is 43.2 Å². The van der Waals surface area contributed by atoms with Crippen molar-refractivity contribution in [2.45, 2.75) is 57.3 Å². The zero-order valence-electron chi connectivity index (χ0n) is 18.0. The highest BCUT2D eigenvalue weighted by Crippen LogP contribution is 2.35. The monoisotopic (exact) mass is 406 g/mol. The molecule has 4 aliphatic heterocycles. The first-order valence-corrected chi connectivity index (χ1v) is 11.5. The van der Waals surface area contributed by atoms with Gasteiger partial charge in [0.05, 0.1) is 0 Å². The highest BCUT2D eigenvalue weighted by atomic mass is 15.4. The highest BCUT2D eigenvalue weighted by molar-refractivity contribution is 5.83. The van der Waals surface area contributed by atoms with Crippen LogP contribution >= 0.6 is 0 Å². The predicted octanol–water partition coefficient (Wildman–Crippen LogP) is 2.30. The number of nitrogens with one attached hydrogen (secondary N) is 4. The summed E-state index contributed by atoms with van der Waals surface area (Å²) in [6, 6.07) is 9.79. The Morgan fingerprint density at radius 3 is 2.50 bits per heavy atom. The number of rotatable bonds is 3. The summed E-state index contributed by atoms with van der Waals surface area (Å²) in [5.41, 5.74) is 5.47. The SMILES string of the molecule is Cc1ccccc1C1=CN(C2CCNCC2)C2NC(NC3CCNCC3)=NC=C2C1. The molecule has 2 fully saturated rings. The minimum atomic E-state index is 0.197. The summed E-state index contributed by atoms with van der Waals surface area (Å²) in [6.45, 7) is 6.56. The fourth-order valence-corrected chi connectivity index (χ4v) is 5.16. The maximum absolute atomic E-state index is 4.78. The molecule has 1 aromatic rings. The Kier molecular flexibility index (Phi) is 5.77. The Morgan fingerprint density at radius 2 is 1.73 bits per heavy atom. The summed E-state index contributed by atoms with van der Waals surface area (Å²) in [6.07, 6.45) is 10.4. The fraction of sp³-hybridized carbons (Fsp3) is 0.542. The third-order valence-corrected chi connectivity index (χ3v) is 6.88. The quantitative estimate of drug-likeness (QED) is 0.621. The van der Waals surface area contributed by atoms with E-state index in [1.807, 2.05) is 0 Å². The Balaban J connectivity index is 1.42. The Morgan fingerprint density at radius 1 is 1.00 bits per heavy atom. The minimum Gasteiger partial charge on any atom is -0.353 e. The molecule has 6 nitrogen and oxygen atoms in total. The van der Waals surface area contributed by atoms with Crippen LogP contribution in [0.15, 0.2) is 47.2 Å². The number of benzene rings is 1. The first-order valence-electron chi connectivity index (χ1n) is 11.5. The third kappa shape index (κ3) is 4.12. The van der Waals surface area contributed by atoms with E-state index in [1.165, 1.54) is 35.1 Å². The number of piperidine rings is 2. The smallest absolute Gasteiger partial charge is 0.198 e. The van der Waals surface area contributed by atoms with Gasteiger partial charge in [-0.1, -0.05) is 24.3 Å². The zero-order valence-corrected chi connectivity index (χ0v) is 18.0. The zero-order chi connectivity index (χ0) is 20.3. The number of aryl methyl sites for hydroxylation is 1. The van der Waals surface area contributed by atoms with Crippen molar-refractivity contribution in [1.29, 1.82) is 0 Å². The molecule has 0 aliphatic carbocycles. The maximum Gasteiger partial charge on any atom is 0.198 e. The second kappa shape index (κ2) is 8.82. The molecule has 0 bridgehead atoms. The van der Waals surface area contributed by atoms with Crippen LogP contribution in [0.3, 0.4) is 0 Å². The van der Waals surface area contributed by atoms with E-state index in [2.05, 4.69) is 69.8 Å². The van der Waals surface area contributed by atoms with Gasteiger partial charge in [0.25, 0.3) is 0 Å². The van der Waals surface area contributed by atoms with Crippen molar-refractivity contribution in [1.82, 2.24) is 26.2 Å². The van der Waals surface area contributed by atoms with E-state index in [9.17, 15) is 0 Å². The van der Waals surface area contributed by atoms with Crippen LogP contribution in [0, 0.1) is 6.92 Å². The molecular weight excluding hydrogens is 372 g/mol. The number of aliphatic imine (C=N–C) groups is 1. The van der Waals surface area contributed by atoms with Gasteiger partial charge in [0.2, 0.25) is 0 Å². The number of hydrogen-bond donors (Lipinski definition) is 4. The number of nitrogens with zero attached hydrogens (tertiary/aromatic N) is 2. The van der Waals surface area contributed by atoms with Gasteiger partial charge in [-0.2, -0.15) is 0 Å². The lowest BCUT2D eigenvalue weighted by atomic mass is 9.89. The second-order valence-corrected chi connectivity index (χ2v) is 8.97. The van der Waals surface area contributed by atoms with Crippen LogP contribution in [0.25, 0.3) is 5.57 Å². The van der Waals surface area contributed by atoms with Crippen molar-refractivity contribution in [2.75, 3.05) is 26.2 Å². The Bertz CT molecular complexity index is 845. The number of guanidine groups is 1. The third-order valence-electron chi connectivity index (χ3n) is 6.88. The second-order valence-electron chi connectivity index (χ2n) is 8.97. The molecule has 1 atom stereocenters. The number of fused-ring (bicyclic) bond motifs is 1. The van der Waals surface area contributed by atoms with Crippen molar-refractivity contribution >= 4 is 11.5 Å². The van der Waals surface area contributed by atoms with Crippen molar-refractivity contribution in [3.63, 3.8) is 0 Å². The summed E-state index contributed by atoms with van der Waals surface area (Å²) in [4.78, 5) is 7.36. The largest absolute Gasteiger partial charge is 0.353 e. The molecule has 1 aromatic carbocycles. The van der Waals surface area contributed by atoms with E-state index < -0.39 is 0 Å². The molecule has 2 saturated heterocycles. The van der Waals surface area contributed by atoms with Gasteiger partial charge >= 0.3 is 0 Å². The standard InChI is InChI=1S/C24H34N6/c1-17-4-2-3-5-22(17)19-14-18-15-27-24(28-20-6-10-25-11-7-20)29-23(18)30(16-19)21-8-12-26-13-9-21/h2-5,15-16,20-21,23,25-26H,6-14H2,1H3,(H2,27,28,29). The van der Waals surface area contributed by atoms with E-state index in [0.29, 0.717) is 12.1 Å². The van der Waals surface area contributed by atoms with Gasteiger partial charge < -0.3 is 26.2 Å². The molecule has 4 N–H and O–H groups in total. The normalized spacial score (nSPS) is 25.6. The van der Waals surface area contributed by atoms with E-state index in [0.717, 1.165) is 51.4 Å². The lowest BCUT2D eigenvalue weighted by Crippen LogP contribution is -2.59. The lowest BCUT2D eigenvalue weighted by Gasteiger charge is -2.45. The van der Waals surface area contributed by atoms with Crippen LogP contribution in [-0.2, 0) is 0 Å². The topological polar surface area (TPSA) is 63.7 Å². The van der Waals surface area contributed by atoms with Crippen LogP contribution in [0.2, 0.25) is 0 Å². The molecule has 0 saturated carbocycles. The molecule has 6 heteroatoms. The van der Waals surface area contributed by atoms with Gasteiger partial charge in [0.15, 0.2) is 5.96 Å². The van der Waals surface area contributed by atoms with E-state index in [4.69, 9.17) is 4.99 Å². The molecule has 5 rings (SSSR count). The average Bonchev–Trinajstić information content (AvgIpc) is 2.80. The summed E-state index contributed by atoms with van der Waals surface area (Å²) < 4.78 is 0. The van der Waals surface area contributed by atoms with E-state index in [-0.39, 0.29) is 6.17 Å². The van der Waals surface area contributed by atoms with Crippen LogP contribution in [-0.4, -0.2) is 55.3 Å². The number of allylic oxidation sites excluding steroid dienone is 1.